The summed E-state index contributed by atoms with van der Waals surface area (Å²) >= 11 is 3.06. The van der Waals surface area contributed by atoms with Gasteiger partial charge in [-0.05, 0) is 34.1 Å². The Morgan fingerprint density at radius 1 is 1.39 bits per heavy atom. The van der Waals surface area contributed by atoms with E-state index in [0.29, 0.717) is 21.5 Å². The van der Waals surface area contributed by atoms with Gasteiger partial charge in [-0.2, -0.15) is 0 Å². The van der Waals surface area contributed by atoms with E-state index in [-0.39, 0.29) is 5.84 Å². The zero-order chi connectivity index (χ0) is 13.1. The van der Waals surface area contributed by atoms with E-state index in [0.717, 1.165) is 0 Å². The molecular weight excluding hydrogens is 301 g/mol. The molecule has 0 radical (unpaired) electrons. The first-order valence-electron chi connectivity index (χ1n) is 4.99. The highest BCUT2D eigenvalue weighted by molar-refractivity contribution is 9.10. The number of nitrogen functional groups attached to an aromatic ring is 1. The highest BCUT2D eigenvalue weighted by Gasteiger charge is 2.08. The predicted octanol–water partition coefficient (Wildman–Crippen LogP) is 3.06. The van der Waals surface area contributed by atoms with Crippen molar-refractivity contribution in [2.45, 2.75) is 0 Å². The monoisotopic (exact) mass is 309 g/mol. The number of nitrogens with one attached hydrogen (secondary N) is 1. The van der Waals surface area contributed by atoms with Crippen molar-refractivity contribution in [3.05, 3.63) is 52.5 Å². The van der Waals surface area contributed by atoms with Gasteiger partial charge in [0.05, 0.1) is 16.2 Å². The molecule has 3 N–H and O–H groups in total. The van der Waals surface area contributed by atoms with Crippen molar-refractivity contribution in [3.63, 3.8) is 0 Å². The highest BCUT2D eigenvalue weighted by Crippen LogP contribution is 2.27. The van der Waals surface area contributed by atoms with Gasteiger partial charge in [0.15, 0.2) is 5.75 Å². The van der Waals surface area contributed by atoms with Gasteiger partial charge in [-0.15, -0.1) is 0 Å². The SMILES string of the molecule is N=C(N)c1ccncc1Oc1ccc(Br)c(F)c1. The Morgan fingerprint density at radius 3 is 2.83 bits per heavy atom. The molecule has 1 heterocycles. The molecule has 0 amide bonds. The predicted molar refractivity (Wildman–Crippen MR) is 69.4 cm³/mol. The van der Waals surface area contributed by atoms with Gasteiger partial charge in [0.1, 0.15) is 17.4 Å². The molecule has 0 saturated heterocycles. The number of benzene rings is 1. The van der Waals surface area contributed by atoms with Crippen molar-refractivity contribution in [2.24, 2.45) is 5.73 Å². The van der Waals surface area contributed by atoms with E-state index >= 15 is 0 Å². The van der Waals surface area contributed by atoms with Crippen LogP contribution >= 0.6 is 15.9 Å². The molecule has 4 nitrogen and oxygen atoms in total. The molecule has 1 aromatic heterocycles. The normalized spacial score (nSPS) is 10.1. The van der Waals surface area contributed by atoms with E-state index in [1.165, 1.54) is 24.5 Å². The molecule has 0 bridgehead atoms. The largest absolute Gasteiger partial charge is 0.455 e. The molecule has 2 aromatic rings. The second kappa shape index (κ2) is 5.14. The van der Waals surface area contributed by atoms with Gasteiger partial charge in [0, 0.05) is 12.3 Å². The van der Waals surface area contributed by atoms with Gasteiger partial charge in [0.25, 0.3) is 0 Å². The van der Waals surface area contributed by atoms with Crippen LogP contribution in [0.5, 0.6) is 11.5 Å². The fourth-order valence-corrected chi connectivity index (χ4v) is 1.60. The number of rotatable bonds is 3. The molecule has 0 aliphatic heterocycles. The van der Waals surface area contributed by atoms with E-state index in [2.05, 4.69) is 20.9 Å². The Bertz CT molecular complexity index is 604. The summed E-state index contributed by atoms with van der Waals surface area (Å²) in [4.78, 5) is 3.88. The van der Waals surface area contributed by atoms with Crippen LogP contribution in [0.1, 0.15) is 5.56 Å². The molecule has 0 fully saturated rings. The summed E-state index contributed by atoms with van der Waals surface area (Å²) in [5.41, 5.74) is 5.83. The summed E-state index contributed by atoms with van der Waals surface area (Å²) in [6, 6.07) is 5.94. The second-order valence-corrected chi connectivity index (χ2v) is 4.32. The van der Waals surface area contributed by atoms with Crippen LogP contribution in [0.15, 0.2) is 41.1 Å². The Hall–Kier alpha value is -1.95. The van der Waals surface area contributed by atoms with Crippen LogP contribution in [0, 0.1) is 11.2 Å². The first-order chi connectivity index (χ1) is 8.58. The van der Waals surface area contributed by atoms with Crippen LogP contribution < -0.4 is 10.5 Å². The number of pyridine rings is 1. The summed E-state index contributed by atoms with van der Waals surface area (Å²) in [6.45, 7) is 0. The molecule has 0 saturated carbocycles. The summed E-state index contributed by atoms with van der Waals surface area (Å²) in [5.74, 6) is 0.0590. The first kappa shape index (κ1) is 12.5. The van der Waals surface area contributed by atoms with Crippen molar-refractivity contribution in [1.29, 1.82) is 5.41 Å². The number of amidine groups is 1. The second-order valence-electron chi connectivity index (χ2n) is 3.46. The Labute approximate surface area is 111 Å². The third-order valence-electron chi connectivity index (χ3n) is 2.19. The number of ether oxygens (including phenoxy) is 1. The van der Waals surface area contributed by atoms with Crippen LogP contribution in [-0.4, -0.2) is 10.8 Å². The first-order valence-corrected chi connectivity index (χ1v) is 5.78. The van der Waals surface area contributed by atoms with Crippen LogP contribution in [0.3, 0.4) is 0 Å². The van der Waals surface area contributed by atoms with Crippen LogP contribution in [-0.2, 0) is 0 Å². The fourth-order valence-electron chi connectivity index (χ4n) is 1.35. The number of halogens is 2. The van der Waals surface area contributed by atoms with Crippen molar-refractivity contribution < 1.29 is 9.13 Å². The van der Waals surface area contributed by atoms with E-state index < -0.39 is 5.82 Å². The van der Waals surface area contributed by atoms with Gasteiger partial charge in [-0.3, -0.25) is 10.4 Å². The number of nitrogens with two attached hydrogens (primary N) is 1. The zero-order valence-electron chi connectivity index (χ0n) is 9.15. The molecule has 6 heteroatoms. The number of hydrogen-bond acceptors (Lipinski definition) is 3. The maximum Gasteiger partial charge on any atom is 0.156 e. The number of aromatic nitrogens is 1. The van der Waals surface area contributed by atoms with Gasteiger partial charge in [-0.25, -0.2) is 4.39 Å². The molecule has 1 aromatic carbocycles. The summed E-state index contributed by atoms with van der Waals surface area (Å²) < 4.78 is 19.1. The molecular formula is C12H9BrFN3O. The van der Waals surface area contributed by atoms with Gasteiger partial charge < -0.3 is 10.5 Å². The molecule has 0 atom stereocenters. The molecule has 92 valence electrons. The van der Waals surface area contributed by atoms with E-state index in [1.54, 1.807) is 12.1 Å². The topological polar surface area (TPSA) is 72.0 Å². The van der Waals surface area contributed by atoms with Crippen molar-refractivity contribution in [1.82, 2.24) is 4.98 Å². The molecule has 18 heavy (non-hydrogen) atoms. The summed E-state index contributed by atoms with van der Waals surface area (Å²) in [7, 11) is 0. The Balaban J connectivity index is 2.34. The Kier molecular flexibility index (Phi) is 3.57. The maximum absolute atomic E-state index is 13.3. The van der Waals surface area contributed by atoms with Gasteiger partial charge in [-0.1, -0.05) is 0 Å². The lowest BCUT2D eigenvalue weighted by Crippen LogP contribution is -2.12. The fraction of sp³-hybridized carbons (Fsp3) is 0. The maximum atomic E-state index is 13.3. The van der Waals surface area contributed by atoms with Crippen LogP contribution in [0.25, 0.3) is 0 Å². The minimum absolute atomic E-state index is 0.134. The smallest absolute Gasteiger partial charge is 0.156 e. The van der Waals surface area contributed by atoms with Gasteiger partial charge in [0.2, 0.25) is 0 Å². The molecule has 0 spiro atoms. The highest BCUT2D eigenvalue weighted by atomic mass is 79.9. The average Bonchev–Trinajstić information content (AvgIpc) is 2.34. The van der Waals surface area contributed by atoms with E-state index in [4.69, 9.17) is 15.9 Å². The van der Waals surface area contributed by atoms with Gasteiger partial charge >= 0.3 is 0 Å². The lowest BCUT2D eigenvalue weighted by Gasteiger charge is -2.09. The minimum Gasteiger partial charge on any atom is -0.455 e. The molecule has 0 aliphatic rings. The molecule has 0 aliphatic carbocycles. The van der Waals surface area contributed by atoms with Crippen molar-refractivity contribution in [3.8, 4) is 11.5 Å². The third kappa shape index (κ3) is 2.65. The zero-order valence-corrected chi connectivity index (χ0v) is 10.7. The van der Waals surface area contributed by atoms with Crippen molar-refractivity contribution >= 4 is 21.8 Å². The Morgan fingerprint density at radius 2 is 2.17 bits per heavy atom. The molecule has 2 rings (SSSR count). The number of hydrogen-bond donors (Lipinski definition) is 2. The van der Waals surface area contributed by atoms with Crippen LogP contribution in [0.4, 0.5) is 4.39 Å². The van der Waals surface area contributed by atoms with E-state index in [9.17, 15) is 4.39 Å². The standard InChI is InChI=1S/C12H9BrFN3O/c13-9-2-1-7(5-10(9)14)18-11-6-17-4-3-8(11)12(15)16/h1-6H,(H3,15,16). The lowest BCUT2D eigenvalue weighted by atomic mass is 10.2. The third-order valence-corrected chi connectivity index (χ3v) is 2.84. The average molecular weight is 310 g/mol. The lowest BCUT2D eigenvalue weighted by molar-refractivity contribution is 0.473. The summed E-state index contributed by atoms with van der Waals surface area (Å²) in [6.07, 6.45) is 2.93. The molecule has 0 unspecified atom stereocenters. The number of nitrogens with zero attached hydrogens (tertiary/aromatic N) is 1. The quantitative estimate of drug-likeness (QED) is 0.676. The van der Waals surface area contributed by atoms with E-state index in [1.807, 2.05) is 0 Å². The summed E-state index contributed by atoms with van der Waals surface area (Å²) in [5, 5.41) is 7.41. The minimum atomic E-state index is -0.430. The van der Waals surface area contributed by atoms with Crippen LogP contribution in [0.2, 0.25) is 0 Å². The van der Waals surface area contributed by atoms with Crippen molar-refractivity contribution in [2.75, 3.05) is 0 Å².